The van der Waals surface area contributed by atoms with Crippen molar-refractivity contribution in [3.63, 3.8) is 0 Å². The summed E-state index contributed by atoms with van der Waals surface area (Å²) in [5.74, 6) is -0.193. The zero-order chi connectivity index (χ0) is 14.8. The predicted octanol–water partition coefficient (Wildman–Crippen LogP) is 2.71. The lowest BCUT2D eigenvalue weighted by molar-refractivity contribution is -0.121. The molecular weight excluding hydrogens is 255 g/mol. The smallest absolute Gasteiger partial charge is 0.234 e. The summed E-state index contributed by atoms with van der Waals surface area (Å²) in [5.41, 5.74) is 1.97. The Kier molecular flexibility index (Phi) is 4.43. The zero-order valence-electron chi connectivity index (χ0n) is 12.4. The molecule has 110 valence electrons. The minimum Gasteiger partial charge on any atom is -0.350 e. The molecule has 0 saturated heterocycles. The number of nitrogens with one attached hydrogen (secondary N) is 2. The van der Waals surface area contributed by atoms with E-state index in [1.807, 2.05) is 26.8 Å². The highest BCUT2D eigenvalue weighted by Crippen LogP contribution is 2.29. The molecule has 4 heteroatoms. The van der Waals surface area contributed by atoms with E-state index in [2.05, 4.69) is 10.6 Å². The second-order valence-electron chi connectivity index (χ2n) is 6.47. The Labute approximate surface area is 120 Å². The molecule has 1 amide bonds. The number of aryl methyl sites for hydroxylation is 1. The van der Waals surface area contributed by atoms with Gasteiger partial charge in [0.05, 0.1) is 6.54 Å². The maximum atomic E-state index is 13.2. The van der Waals surface area contributed by atoms with Gasteiger partial charge in [-0.15, -0.1) is 0 Å². The number of fused-ring (bicyclic) bond motifs is 1. The molecule has 0 fully saturated rings. The molecule has 0 radical (unpaired) electrons. The minimum atomic E-state index is -0.216. The number of rotatable bonds is 3. The van der Waals surface area contributed by atoms with Crippen LogP contribution in [0, 0.1) is 5.82 Å². The first-order chi connectivity index (χ1) is 9.35. The van der Waals surface area contributed by atoms with E-state index in [9.17, 15) is 9.18 Å². The van der Waals surface area contributed by atoms with Crippen molar-refractivity contribution >= 4 is 5.91 Å². The molecule has 0 aromatic heterocycles. The molecule has 2 rings (SSSR count). The first kappa shape index (κ1) is 15.0. The number of hydrogen-bond acceptors (Lipinski definition) is 2. The summed E-state index contributed by atoms with van der Waals surface area (Å²) in [5, 5.41) is 6.22. The fourth-order valence-electron chi connectivity index (χ4n) is 2.67. The Morgan fingerprint density at radius 1 is 1.40 bits per heavy atom. The Morgan fingerprint density at radius 2 is 2.15 bits per heavy atom. The summed E-state index contributed by atoms with van der Waals surface area (Å²) in [7, 11) is 0. The van der Waals surface area contributed by atoms with E-state index in [1.54, 1.807) is 6.07 Å². The molecule has 1 aromatic rings. The molecule has 0 unspecified atom stereocenters. The van der Waals surface area contributed by atoms with Crippen molar-refractivity contribution in [3.8, 4) is 0 Å². The second kappa shape index (κ2) is 5.92. The fourth-order valence-corrected chi connectivity index (χ4v) is 2.67. The van der Waals surface area contributed by atoms with Gasteiger partial charge in [0.15, 0.2) is 0 Å². The van der Waals surface area contributed by atoms with Crippen LogP contribution in [0.3, 0.4) is 0 Å². The van der Waals surface area contributed by atoms with Crippen LogP contribution in [-0.4, -0.2) is 18.0 Å². The van der Waals surface area contributed by atoms with E-state index in [1.165, 1.54) is 6.07 Å². The van der Waals surface area contributed by atoms with Crippen LogP contribution in [0.2, 0.25) is 0 Å². The molecular formula is C16H23FN2O. The van der Waals surface area contributed by atoms with Crippen molar-refractivity contribution < 1.29 is 9.18 Å². The summed E-state index contributed by atoms with van der Waals surface area (Å²) in [4.78, 5) is 11.8. The molecule has 0 heterocycles. The fraction of sp³-hybridized carbons (Fsp3) is 0.562. The number of benzene rings is 1. The van der Waals surface area contributed by atoms with Gasteiger partial charge in [-0.2, -0.15) is 0 Å². The van der Waals surface area contributed by atoms with Gasteiger partial charge in [0.25, 0.3) is 0 Å². The zero-order valence-corrected chi connectivity index (χ0v) is 12.4. The monoisotopic (exact) mass is 278 g/mol. The van der Waals surface area contributed by atoms with Crippen LogP contribution in [0.4, 0.5) is 4.39 Å². The van der Waals surface area contributed by atoms with Gasteiger partial charge in [-0.25, -0.2) is 4.39 Å². The molecule has 0 bridgehead atoms. The van der Waals surface area contributed by atoms with Crippen LogP contribution >= 0.6 is 0 Å². The molecule has 1 aromatic carbocycles. The number of halogens is 1. The van der Waals surface area contributed by atoms with Gasteiger partial charge in [0.2, 0.25) is 5.91 Å². The molecule has 3 nitrogen and oxygen atoms in total. The van der Waals surface area contributed by atoms with E-state index in [4.69, 9.17) is 0 Å². The third-order valence-corrected chi connectivity index (χ3v) is 3.44. The van der Waals surface area contributed by atoms with Crippen molar-refractivity contribution in [2.45, 2.75) is 51.6 Å². The molecule has 0 spiro atoms. The van der Waals surface area contributed by atoms with E-state index in [0.717, 1.165) is 30.4 Å². The maximum Gasteiger partial charge on any atom is 0.234 e. The van der Waals surface area contributed by atoms with Crippen molar-refractivity contribution in [2.24, 2.45) is 0 Å². The predicted molar refractivity (Wildman–Crippen MR) is 78.0 cm³/mol. The van der Waals surface area contributed by atoms with Crippen LogP contribution in [-0.2, 0) is 11.2 Å². The van der Waals surface area contributed by atoms with Gasteiger partial charge >= 0.3 is 0 Å². The number of hydrogen-bond donors (Lipinski definition) is 2. The standard InChI is InChI=1S/C16H23FN2O/c1-16(2,3)19-15(20)10-18-14-6-4-5-11-9-12(17)7-8-13(11)14/h7-9,14,18H,4-6,10H2,1-3H3,(H,19,20)/t14-/m0/s1. The Balaban J connectivity index is 1.97. The minimum absolute atomic E-state index is 0.00765. The quantitative estimate of drug-likeness (QED) is 0.892. The average Bonchev–Trinajstić information content (AvgIpc) is 2.33. The van der Waals surface area contributed by atoms with Crippen molar-refractivity contribution in [2.75, 3.05) is 6.54 Å². The third kappa shape index (κ3) is 4.04. The average molecular weight is 278 g/mol. The van der Waals surface area contributed by atoms with E-state index in [-0.39, 0.29) is 23.3 Å². The van der Waals surface area contributed by atoms with Gasteiger partial charge < -0.3 is 10.6 Å². The van der Waals surface area contributed by atoms with Crippen LogP contribution < -0.4 is 10.6 Å². The van der Waals surface area contributed by atoms with Gasteiger partial charge in [0.1, 0.15) is 5.82 Å². The maximum absolute atomic E-state index is 13.2. The lowest BCUT2D eigenvalue weighted by Gasteiger charge is -2.27. The summed E-state index contributed by atoms with van der Waals surface area (Å²) >= 11 is 0. The lowest BCUT2D eigenvalue weighted by Crippen LogP contribution is -2.45. The topological polar surface area (TPSA) is 41.1 Å². The molecule has 1 aliphatic rings. The number of carbonyl (C=O) groups excluding carboxylic acids is 1. The molecule has 0 saturated carbocycles. The number of carbonyl (C=O) groups is 1. The van der Waals surface area contributed by atoms with Crippen LogP contribution in [0.25, 0.3) is 0 Å². The van der Waals surface area contributed by atoms with Crippen molar-refractivity contribution in [1.29, 1.82) is 0 Å². The normalized spacial score (nSPS) is 18.5. The summed E-state index contributed by atoms with van der Waals surface area (Å²) < 4.78 is 13.2. The van der Waals surface area contributed by atoms with Gasteiger partial charge in [-0.3, -0.25) is 4.79 Å². The summed E-state index contributed by atoms with van der Waals surface area (Å²) in [6.07, 6.45) is 2.93. The van der Waals surface area contributed by atoms with E-state index >= 15 is 0 Å². The van der Waals surface area contributed by atoms with E-state index in [0.29, 0.717) is 6.54 Å². The Bertz CT molecular complexity index is 494. The Morgan fingerprint density at radius 3 is 2.85 bits per heavy atom. The van der Waals surface area contributed by atoms with Crippen molar-refractivity contribution in [3.05, 3.63) is 35.1 Å². The van der Waals surface area contributed by atoms with Crippen molar-refractivity contribution in [1.82, 2.24) is 10.6 Å². The molecule has 1 aliphatic carbocycles. The lowest BCUT2D eigenvalue weighted by atomic mass is 9.87. The van der Waals surface area contributed by atoms with E-state index < -0.39 is 0 Å². The highest BCUT2D eigenvalue weighted by molar-refractivity contribution is 5.78. The van der Waals surface area contributed by atoms with Crippen LogP contribution in [0.1, 0.15) is 50.8 Å². The first-order valence-electron chi connectivity index (χ1n) is 7.18. The number of amides is 1. The van der Waals surface area contributed by atoms with Crippen LogP contribution in [0.5, 0.6) is 0 Å². The molecule has 1 atom stereocenters. The highest BCUT2D eigenvalue weighted by atomic mass is 19.1. The third-order valence-electron chi connectivity index (χ3n) is 3.44. The highest BCUT2D eigenvalue weighted by Gasteiger charge is 2.21. The summed E-state index contributed by atoms with van der Waals surface area (Å²) in [6, 6.07) is 5.08. The molecule has 0 aliphatic heterocycles. The first-order valence-corrected chi connectivity index (χ1v) is 7.18. The van der Waals surface area contributed by atoms with Gasteiger partial charge in [-0.05, 0) is 63.3 Å². The second-order valence-corrected chi connectivity index (χ2v) is 6.47. The Hall–Kier alpha value is -1.42. The van der Waals surface area contributed by atoms with Crippen LogP contribution in [0.15, 0.2) is 18.2 Å². The SMILES string of the molecule is CC(C)(C)NC(=O)CN[C@H]1CCCc2cc(F)ccc21. The largest absolute Gasteiger partial charge is 0.350 e. The molecule has 20 heavy (non-hydrogen) atoms. The van der Waals surface area contributed by atoms with Gasteiger partial charge in [0, 0.05) is 11.6 Å². The molecule has 2 N–H and O–H groups in total. The van der Waals surface area contributed by atoms with Gasteiger partial charge in [-0.1, -0.05) is 6.07 Å². The summed E-state index contributed by atoms with van der Waals surface area (Å²) in [6.45, 7) is 6.18.